The van der Waals surface area contributed by atoms with Gasteiger partial charge in [-0.05, 0) is 18.2 Å². The number of carbonyl (C=O) groups excluding carboxylic acids is 1. The minimum Gasteiger partial charge on any atom is -0.497 e. The second kappa shape index (κ2) is 6.56. The number of carbonyl (C=O) groups is 1. The predicted molar refractivity (Wildman–Crippen MR) is 73.7 cm³/mol. The normalized spacial score (nSPS) is 9.90. The SMILES string of the molecule is COc1ccc(C(=O)NCc2ccc[nH+]c2)c(OC)c1. The standard InChI is InChI=1S/C15H16N2O3/c1-19-12-5-6-13(14(8-12)20-2)15(18)17-10-11-4-3-7-16-9-11/h3-9H,10H2,1-2H3,(H,17,18)/p+1. The van der Waals surface area contributed by atoms with Gasteiger partial charge in [-0.1, -0.05) is 0 Å². The minimum atomic E-state index is -0.187. The summed E-state index contributed by atoms with van der Waals surface area (Å²) in [5.74, 6) is 0.950. The molecule has 1 aromatic heterocycles. The topological polar surface area (TPSA) is 61.7 Å². The second-order valence-electron chi connectivity index (χ2n) is 4.16. The van der Waals surface area contributed by atoms with Crippen molar-refractivity contribution in [3.05, 3.63) is 53.9 Å². The Labute approximate surface area is 117 Å². The molecule has 2 N–H and O–H groups in total. The van der Waals surface area contributed by atoms with Crippen molar-refractivity contribution in [2.75, 3.05) is 14.2 Å². The summed E-state index contributed by atoms with van der Waals surface area (Å²) < 4.78 is 10.3. The van der Waals surface area contributed by atoms with Crippen LogP contribution < -0.4 is 19.8 Å². The molecule has 104 valence electrons. The molecule has 0 saturated heterocycles. The minimum absolute atomic E-state index is 0.187. The quantitative estimate of drug-likeness (QED) is 0.897. The van der Waals surface area contributed by atoms with E-state index in [2.05, 4.69) is 10.3 Å². The number of benzene rings is 1. The molecule has 5 nitrogen and oxygen atoms in total. The highest BCUT2D eigenvalue weighted by Gasteiger charge is 2.13. The summed E-state index contributed by atoms with van der Waals surface area (Å²) in [5, 5.41) is 2.85. The van der Waals surface area contributed by atoms with Crippen molar-refractivity contribution in [1.82, 2.24) is 5.32 Å². The Morgan fingerprint density at radius 2 is 2.10 bits per heavy atom. The van der Waals surface area contributed by atoms with Gasteiger partial charge in [-0.25, -0.2) is 4.98 Å². The Hall–Kier alpha value is -2.56. The number of rotatable bonds is 5. The number of nitrogens with one attached hydrogen (secondary N) is 2. The number of amides is 1. The van der Waals surface area contributed by atoms with Crippen molar-refractivity contribution in [2.45, 2.75) is 6.54 Å². The van der Waals surface area contributed by atoms with Crippen molar-refractivity contribution in [3.8, 4) is 11.5 Å². The van der Waals surface area contributed by atoms with E-state index in [1.165, 1.54) is 7.11 Å². The van der Waals surface area contributed by atoms with E-state index in [0.717, 1.165) is 5.56 Å². The number of H-pyrrole nitrogens is 1. The molecule has 1 amide bonds. The molecule has 2 rings (SSSR count). The third-order valence-electron chi connectivity index (χ3n) is 2.88. The lowest BCUT2D eigenvalue weighted by Crippen LogP contribution is -2.24. The van der Waals surface area contributed by atoms with Gasteiger partial charge in [-0.15, -0.1) is 0 Å². The van der Waals surface area contributed by atoms with Gasteiger partial charge in [0.2, 0.25) is 0 Å². The van der Waals surface area contributed by atoms with Gasteiger partial charge in [0.15, 0.2) is 12.4 Å². The molecule has 0 radical (unpaired) electrons. The second-order valence-corrected chi connectivity index (χ2v) is 4.16. The molecule has 0 bridgehead atoms. The highest BCUT2D eigenvalue weighted by molar-refractivity contribution is 5.97. The van der Waals surface area contributed by atoms with E-state index in [0.29, 0.717) is 23.6 Å². The van der Waals surface area contributed by atoms with Crippen molar-refractivity contribution in [2.24, 2.45) is 0 Å². The summed E-state index contributed by atoms with van der Waals surface area (Å²) in [4.78, 5) is 15.1. The number of aromatic amines is 1. The summed E-state index contributed by atoms with van der Waals surface area (Å²) in [6.45, 7) is 0.450. The van der Waals surface area contributed by atoms with Crippen LogP contribution in [0.2, 0.25) is 0 Å². The first-order chi connectivity index (χ1) is 9.74. The molecule has 2 aromatic rings. The van der Waals surface area contributed by atoms with Crippen LogP contribution in [0.1, 0.15) is 15.9 Å². The number of hydrogen-bond donors (Lipinski definition) is 1. The van der Waals surface area contributed by atoms with Gasteiger partial charge in [0.25, 0.3) is 5.91 Å². The van der Waals surface area contributed by atoms with E-state index in [9.17, 15) is 4.79 Å². The van der Waals surface area contributed by atoms with E-state index >= 15 is 0 Å². The Morgan fingerprint density at radius 3 is 2.75 bits per heavy atom. The fourth-order valence-corrected chi connectivity index (χ4v) is 1.80. The van der Waals surface area contributed by atoms with E-state index in [4.69, 9.17) is 9.47 Å². The predicted octanol–water partition coefficient (Wildman–Crippen LogP) is 1.45. The van der Waals surface area contributed by atoms with Crippen LogP contribution in [0.4, 0.5) is 0 Å². The summed E-state index contributed by atoms with van der Waals surface area (Å²) in [6, 6.07) is 8.92. The highest BCUT2D eigenvalue weighted by atomic mass is 16.5. The van der Waals surface area contributed by atoms with Crippen LogP contribution in [0.5, 0.6) is 11.5 Å². The van der Waals surface area contributed by atoms with Crippen LogP contribution >= 0.6 is 0 Å². The van der Waals surface area contributed by atoms with E-state index in [1.54, 1.807) is 25.3 Å². The highest BCUT2D eigenvalue weighted by Crippen LogP contribution is 2.24. The molecular formula is C15H17N2O3+. The smallest absolute Gasteiger partial charge is 0.255 e. The molecule has 0 atom stereocenters. The maximum absolute atomic E-state index is 12.2. The van der Waals surface area contributed by atoms with Gasteiger partial charge < -0.3 is 14.8 Å². The third kappa shape index (κ3) is 3.26. The molecule has 1 aromatic carbocycles. The zero-order valence-corrected chi connectivity index (χ0v) is 11.5. The van der Waals surface area contributed by atoms with Crippen LogP contribution in [-0.4, -0.2) is 20.1 Å². The number of methoxy groups -OCH3 is 2. The molecule has 0 unspecified atom stereocenters. The van der Waals surface area contributed by atoms with Crippen molar-refractivity contribution < 1.29 is 19.3 Å². The van der Waals surface area contributed by atoms with Gasteiger partial charge in [0.1, 0.15) is 11.5 Å². The van der Waals surface area contributed by atoms with Crippen LogP contribution in [0.15, 0.2) is 42.7 Å². The molecule has 0 spiro atoms. The molecule has 20 heavy (non-hydrogen) atoms. The van der Waals surface area contributed by atoms with Gasteiger partial charge in [-0.2, -0.15) is 0 Å². The maximum atomic E-state index is 12.2. The number of aromatic nitrogens is 1. The summed E-state index contributed by atoms with van der Waals surface area (Å²) in [5.41, 5.74) is 1.47. The Morgan fingerprint density at radius 1 is 1.25 bits per heavy atom. The first-order valence-electron chi connectivity index (χ1n) is 6.20. The van der Waals surface area contributed by atoms with Crippen molar-refractivity contribution in [3.63, 3.8) is 0 Å². The van der Waals surface area contributed by atoms with E-state index < -0.39 is 0 Å². The van der Waals surface area contributed by atoms with Gasteiger partial charge in [-0.3, -0.25) is 4.79 Å². The lowest BCUT2D eigenvalue weighted by atomic mass is 10.1. The molecule has 0 saturated carbocycles. The Bertz CT molecular complexity index is 585. The number of pyridine rings is 1. The number of hydrogen-bond acceptors (Lipinski definition) is 3. The first-order valence-corrected chi connectivity index (χ1v) is 6.20. The first kappa shape index (κ1) is 13.9. The van der Waals surface area contributed by atoms with E-state index in [1.807, 2.05) is 24.5 Å². The summed E-state index contributed by atoms with van der Waals surface area (Å²) in [7, 11) is 3.10. The summed E-state index contributed by atoms with van der Waals surface area (Å²) in [6.07, 6.45) is 3.66. The molecule has 0 aliphatic rings. The maximum Gasteiger partial charge on any atom is 0.255 e. The molecule has 0 aliphatic heterocycles. The van der Waals surface area contributed by atoms with Gasteiger partial charge in [0, 0.05) is 24.2 Å². The Balaban J connectivity index is 2.09. The molecule has 1 heterocycles. The summed E-state index contributed by atoms with van der Waals surface area (Å²) >= 11 is 0. The molecule has 0 fully saturated rings. The molecule has 0 aliphatic carbocycles. The fourth-order valence-electron chi connectivity index (χ4n) is 1.80. The van der Waals surface area contributed by atoms with Crippen LogP contribution in [0.3, 0.4) is 0 Å². The average molecular weight is 273 g/mol. The van der Waals surface area contributed by atoms with Crippen molar-refractivity contribution in [1.29, 1.82) is 0 Å². The zero-order valence-electron chi connectivity index (χ0n) is 11.5. The lowest BCUT2D eigenvalue weighted by Gasteiger charge is -2.10. The number of ether oxygens (including phenoxy) is 2. The van der Waals surface area contributed by atoms with Gasteiger partial charge >= 0.3 is 0 Å². The Kier molecular flexibility index (Phi) is 4.55. The van der Waals surface area contributed by atoms with Gasteiger partial charge in [0.05, 0.1) is 19.8 Å². The fraction of sp³-hybridized carbons (Fsp3) is 0.200. The zero-order chi connectivity index (χ0) is 14.4. The monoisotopic (exact) mass is 273 g/mol. The molecular weight excluding hydrogens is 256 g/mol. The van der Waals surface area contributed by atoms with Crippen LogP contribution in [0, 0.1) is 0 Å². The molecule has 5 heteroatoms. The third-order valence-corrected chi connectivity index (χ3v) is 2.88. The lowest BCUT2D eigenvalue weighted by molar-refractivity contribution is -0.378. The van der Waals surface area contributed by atoms with Crippen LogP contribution in [0.25, 0.3) is 0 Å². The largest absolute Gasteiger partial charge is 0.497 e. The average Bonchev–Trinajstić information content (AvgIpc) is 2.52. The van der Waals surface area contributed by atoms with Crippen molar-refractivity contribution >= 4 is 5.91 Å². The van der Waals surface area contributed by atoms with E-state index in [-0.39, 0.29) is 5.91 Å². The van der Waals surface area contributed by atoms with Crippen LogP contribution in [-0.2, 0) is 6.54 Å².